The number of halogens is 3. The molecule has 0 atom stereocenters. The zero-order chi connectivity index (χ0) is 21.5. The molecule has 0 unspecified atom stereocenters. The van der Waals surface area contributed by atoms with E-state index in [4.69, 9.17) is 0 Å². The van der Waals surface area contributed by atoms with Crippen molar-refractivity contribution in [2.24, 2.45) is 0 Å². The third-order valence-electron chi connectivity index (χ3n) is 4.57. The number of aromatic amines is 1. The maximum absolute atomic E-state index is 13.0. The SMILES string of the molecule is Cc1ccc(S(=O)(=O)Nc2ccccc2-c2nc3ccc(C(F)(F)F)cc3[nH]2)cc1. The molecular weight excluding hydrogens is 415 g/mol. The molecule has 30 heavy (non-hydrogen) atoms. The summed E-state index contributed by atoms with van der Waals surface area (Å²) in [7, 11) is -3.86. The predicted molar refractivity (Wildman–Crippen MR) is 109 cm³/mol. The summed E-state index contributed by atoms with van der Waals surface area (Å²) in [4.78, 5) is 7.27. The normalized spacial score (nSPS) is 12.3. The van der Waals surface area contributed by atoms with E-state index in [9.17, 15) is 21.6 Å². The van der Waals surface area contributed by atoms with E-state index in [1.165, 1.54) is 18.2 Å². The van der Waals surface area contributed by atoms with Crippen LogP contribution in [-0.4, -0.2) is 18.4 Å². The van der Waals surface area contributed by atoms with E-state index >= 15 is 0 Å². The van der Waals surface area contributed by atoms with Gasteiger partial charge in [-0.25, -0.2) is 13.4 Å². The summed E-state index contributed by atoms with van der Waals surface area (Å²) < 4.78 is 67.0. The lowest BCUT2D eigenvalue weighted by atomic mass is 10.2. The van der Waals surface area contributed by atoms with Crippen LogP contribution >= 0.6 is 0 Å². The fourth-order valence-corrected chi connectivity index (χ4v) is 4.09. The Morgan fingerprint density at radius 3 is 2.37 bits per heavy atom. The fraction of sp³-hybridized carbons (Fsp3) is 0.0952. The number of alkyl halides is 3. The van der Waals surface area contributed by atoms with Crippen molar-refractivity contribution in [3.63, 3.8) is 0 Å². The number of para-hydroxylation sites is 1. The van der Waals surface area contributed by atoms with Crippen LogP contribution in [0.5, 0.6) is 0 Å². The number of aryl methyl sites for hydroxylation is 1. The lowest BCUT2D eigenvalue weighted by Crippen LogP contribution is -2.13. The number of nitrogens with zero attached hydrogens (tertiary/aromatic N) is 1. The van der Waals surface area contributed by atoms with Crippen LogP contribution in [0.1, 0.15) is 11.1 Å². The van der Waals surface area contributed by atoms with Gasteiger partial charge in [-0.3, -0.25) is 4.72 Å². The molecule has 1 aromatic heterocycles. The van der Waals surface area contributed by atoms with Gasteiger partial charge in [-0.1, -0.05) is 29.8 Å². The van der Waals surface area contributed by atoms with Gasteiger partial charge in [0.2, 0.25) is 0 Å². The van der Waals surface area contributed by atoms with Crippen LogP contribution in [0.25, 0.3) is 22.4 Å². The quantitative estimate of drug-likeness (QED) is 0.457. The summed E-state index contributed by atoms with van der Waals surface area (Å²) in [5.74, 6) is 0.256. The second-order valence-corrected chi connectivity index (χ2v) is 8.46. The van der Waals surface area contributed by atoms with Crippen molar-refractivity contribution in [3.8, 4) is 11.4 Å². The number of benzene rings is 3. The molecule has 0 aliphatic carbocycles. The maximum atomic E-state index is 13.0. The number of hydrogen-bond acceptors (Lipinski definition) is 3. The Hall–Kier alpha value is -3.33. The van der Waals surface area contributed by atoms with Gasteiger partial charge in [0.15, 0.2) is 0 Å². The smallest absolute Gasteiger partial charge is 0.338 e. The van der Waals surface area contributed by atoms with Crippen LogP contribution in [-0.2, 0) is 16.2 Å². The first-order valence-electron chi connectivity index (χ1n) is 8.89. The van der Waals surface area contributed by atoms with Gasteiger partial charge in [0.1, 0.15) is 5.82 Å². The molecule has 0 saturated carbocycles. The topological polar surface area (TPSA) is 74.8 Å². The molecule has 0 aliphatic heterocycles. The first kappa shape index (κ1) is 20.0. The Morgan fingerprint density at radius 1 is 0.967 bits per heavy atom. The zero-order valence-corrected chi connectivity index (χ0v) is 16.5. The number of anilines is 1. The zero-order valence-electron chi connectivity index (χ0n) is 15.7. The van der Waals surface area contributed by atoms with Gasteiger partial charge in [0.25, 0.3) is 10.0 Å². The van der Waals surface area contributed by atoms with Gasteiger partial charge in [0.05, 0.1) is 27.2 Å². The number of hydrogen-bond donors (Lipinski definition) is 2. The average molecular weight is 431 g/mol. The molecule has 0 saturated heterocycles. The lowest BCUT2D eigenvalue weighted by molar-refractivity contribution is -0.137. The standard InChI is InChI=1S/C21H16F3N3O2S/c1-13-6-9-15(10-7-13)30(28,29)27-17-5-3-2-4-16(17)20-25-18-11-8-14(21(22,23)24)12-19(18)26-20/h2-12,27H,1H3,(H,25,26). The second kappa shape index (κ2) is 7.17. The van der Waals surface area contributed by atoms with E-state index in [-0.39, 0.29) is 21.9 Å². The van der Waals surface area contributed by atoms with Crippen LogP contribution in [0.15, 0.2) is 71.6 Å². The molecule has 154 valence electrons. The van der Waals surface area contributed by atoms with Crippen LogP contribution < -0.4 is 4.72 Å². The Kier molecular flexibility index (Phi) is 4.77. The number of imidazole rings is 1. The van der Waals surface area contributed by atoms with Crippen LogP contribution in [0.3, 0.4) is 0 Å². The molecule has 4 rings (SSSR count). The third kappa shape index (κ3) is 3.88. The molecule has 9 heteroatoms. The van der Waals surface area contributed by atoms with E-state index in [2.05, 4.69) is 14.7 Å². The Morgan fingerprint density at radius 2 is 1.67 bits per heavy atom. The monoisotopic (exact) mass is 431 g/mol. The molecule has 4 aromatic rings. The number of aromatic nitrogens is 2. The van der Waals surface area contributed by atoms with Crippen molar-refractivity contribution in [2.75, 3.05) is 4.72 Å². The van der Waals surface area contributed by atoms with Crippen molar-refractivity contribution in [1.29, 1.82) is 0 Å². The molecule has 0 radical (unpaired) electrons. The highest BCUT2D eigenvalue weighted by molar-refractivity contribution is 7.92. The molecule has 5 nitrogen and oxygen atoms in total. The van der Waals surface area contributed by atoms with Crippen LogP contribution in [0, 0.1) is 6.92 Å². The molecule has 3 aromatic carbocycles. The van der Waals surface area contributed by atoms with Crippen molar-refractivity contribution < 1.29 is 21.6 Å². The summed E-state index contributed by atoms with van der Waals surface area (Å²) in [5.41, 5.74) is 1.35. The minimum atomic E-state index is -4.47. The lowest BCUT2D eigenvalue weighted by Gasteiger charge is -2.11. The summed E-state index contributed by atoms with van der Waals surface area (Å²) in [6, 6.07) is 16.1. The number of sulfonamides is 1. The number of fused-ring (bicyclic) bond motifs is 1. The summed E-state index contributed by atoms with van der Waals surface area (Å²) in [5, 5.41) is 0. The Labute approximate surface area is 170 Å². The van der Waals surface area contributed by atoms with Crippen molar-refractivity contribution in [3.05, 3.63) is 77.9 Å². The van der Waals surface area contributed by atoms with Gasteiger partial charge in [-0.15, -0.1) is 0 Å². The number of rotatable bonds is 4. The Balaban J connectivity index is 1.74. The van der Waals surface area contributed by atoms with Gasteiger partial charge < -0.3 is 4.98 Å². The minimum Gasteiger partial charge on any atom is -0.338 e. The van der Waals surface area contributed by atoms with E-state index in [0.717, 1.165) is 17.7 Å². The highest BCUT2D eigenvalue weighted by Gasteiger charge is 2.30. The largest absolute Gasteiger partial charge is 0.416 e. The van der Waals surface area contributed by atoms with E-state index in [1.54, 1.807) is 36.4 Å². The van der Waals surface area contributed by atoms with Gasteiger partial charge in [-0.05, 0) is 49.4 Å². The molecule has 0 bridgehead atoms. The van der Waals surface area contributed by atoms with Gasteiger partial charge in [-0.2, -0.15) is 13.2 Å². The molecule has 0 aliphatic rings. The molecule has 0 fully saturated rings. The first-order chi connectivity index (χ1) is 14.1. The van der Waals surface area contributed by atoms with Gasteiger partial charge >= 0.3 is 6.18 Å². The van der Waals surface area contributed by atoms with E-state index < -0.39 is 21.8 Å². The Bertz CT molecular complexity index is 1330. The van der Waals surface area contributed by atoms with Crippen molar-refractivity contribution >= 4 is 26.7 Å². The number of nitrogens with one attached hydrogen (secondary N) is 2. The van der Waals surface area contributed by atoms with Crippen molar-refractivity contribution in [1.82, 2.24) is 9.97 Å². The first-order valence-corrected chi connectivity index (χ1v) is 10.4. The highest BCUT2D eigenvalue weighted by atomic mass is 32.2. The van der Waals surface area contributed by atoms with Crippen LogP contribution in [0.4, 0.5) is 18.9 Å². The highest BCUT2D eigenvalue weighted by Crippen LogP contribution is 2.33. The molecule has 0 spiro atoms. The predicted octanol–water partition coefficient (Wildman–Crippen LogP) is 5.36. The fourth-order valence-electron chi connectivity index (χ4n) is 3.01. The second-order valence-electron chi connectivity index (χ2n) is 6.78. The summed E-state index contributed by atoms with van der Waals surface area (Å²) in [6.07, 6.45) is -4.47. The van der Waals surface area contributed by atoms with E-state index in [1.807, 2.05) is 6.92 Å². The summed E-state index contributed by atoms with van der Waals surface area (Å²) in [6.45, 7) is 1.85. The van der Waals surface area contributed by atoms with E-state index in [0.29, 0.717) is 11.1 Å². The van der Waals surface area contributed by atoms with Crippen LogP contribution in [0.2, 0.25) is 0 Å². The molecule has 0 amide bonds. The molecular formula is C21H16F3N3O2S. The molecule has 1 heterocycles. The van der Waals surface area contributed by atoms with Crippen molar-refractivity contribution in [2.45, 2.75) is 18.0 Å². The maximum Gasteiger partial charge on any atom is 0.416 e. The summed E-state index contributed by atoms with van der Waals surface area (Å²) >= 11 is 0. The van der Waals surface area contributed by atoms with Gasteiger partial charge in [0, 0.05) is 5.56 Å². The molecule has 2 N–H and O–H groups in total. The minimum absolute atomic E-state index is 0.0994. The average Bonchev–Trinajstić information content (AvgIpc) is 3.11. The number of H-pyrrole nitrogens is 1. The third-order valence-corrected chi connectivity index (χ3v) is 5.95.